The van der Waals surface area contributed by atoms with Gasteiger partial charge >= 0.3 is 0 Å². The summed E-state index contributed by atoms with van der Waals surface area (Å²) in [5.41, 5.74) is 2.77. The first-order chi connectivity index (χ1) is 23.0. The van der Waals surface area contributed by atoms with Crippen LogP contribution in [0.1, 0.15) is 46.1 Å². The number of carbonyl (C=O) groups excluding carboxylic acids is 1. The second-order valence-corrected chi connectivity index (χ2v) is 15.0. The third-order valence-electron chi connectivity index (χ3n) is 10.8. The molecule has 2 bridgehead atoms. The summed E-state index contributed by atoms with van der Waals surface area (Å²) in [4.78, 5) is 47.7. The van der Waals surface area contributed by atoms with Crippen LogP contribution in [0.3, 0.4) is 0 Å². The van der Waals surface area contributed by atoms with Crippen molar-refractivity contribution in [2.45, 2.75) is 65.6 Å². The lowest BCUT2D eigenvalue weighted by Gasteiger charge is -2.61. The fraction of sp³-hybridized carbons (Fsp3) is 0.444. The first-order valence-corrected chi connectivity index (χ1v) is 17.4. The SMILES string of the molecule is CC1C(N=C(Nc2ccc3c(=O)n(CCc4ccc(Cl)cc4Cl)c(-c4cnccn4)nc3c2)N2CC(=O)N[C@@H](C)C2)CC2C[C@@H]1C2(C)C. The van der Waals surface area contributed by atoms with Crippen LogP contribution in [-0.4, -0.2) is 61.5 Å². The van der Waals surface area contributed by atoms with Gasteiger partial charge in [0.05, 0.1) is 29.7 Å². The number of halogens is 2. The topological polar surface area (TPSA) is 117 Å². The van der Waals surface area contributed by atoms with E-state index in [0.717, 1.165) is 17.7 Å². The van der Waals surface area contributed by atoms with Crippen LogP contribution in [0.4, 0.5) is 5.69 Å². The minimum Gasteiger partial charge on any atom is -0.350 e. The average molecular weight is 688 g/mol. The molecule has 2 N–H and O–H groups in total. The van der Waals surface area contributed by atoms with Gasteiger partial charge in [0, 0.05) is 47.3 Å². The molecule has 3 aliphatic carbocycles. The van der Waals surface area contributed by atoms with Crippen LogP contribution in [-0.2, 0) is 17.8 Å². The Morgan fingerprint density at radius 3 is 2.65 bits per heavy atom. The maximum absolute atomic E-state index is 14.0. The molecule has 2 aromatic carbocycles. The lowest BCUT2D eigenvalue weighted by atomic mass is 9.45. The van der Waals surface area contributed by atoms with Gasteiger partial charge in [0.15, 0.2) is 11.8 Å². The van der Waals surface area contributed by atoms with Gasteiger partial charge in [-0.25, -0.2) is 15.0 Å². The molecule has 4 aliphatic rings. The molecule has 4 fully saturated rings. The Bertz CT molecular complexity index is 1960. The summed E-state index contributed by atoms with van der Waals surface area (Å²) in [6.07, 6.45) is 7.57. The van der Waals surface area contributed by atoms with E-state index in [0.29, 0.717) is 81.1 Å². The zero-order valence-electron chi connectivity index (χ0n) is 27.6. The Balaban J connectivity index is 1.24. The molecule has 1 aliphatic heterocycles. The molecule has 3 saturated carbocycles. The van der Waals surface area contributed by atoms with Gasteiger partial charge < -0.3 is 15.5 Å². The highest BCUT2D eigenvalue weighted by molar-refractivity contribution is 6.35. The quantitative estimate of drug-likeness (QED) is 0.187. The standard InChI is InChI=1S/C36H40Cl2N8O2/c1-20-18-45(19-32(47)41-20)35(44-29-14-23-13-27(21(29)2)36(23,3)4)42-25-7-8-26-30(16-25)43-33(31-17-39-10-11-40-31)46(34(26)48)12-9-22-5-6-24(37)15-28(22)38/h5-8,10-11,15-17,20-21,23,27,29H,9,12-14,18-19H2,1-4H3,(H,41,47)(H,42,44)/t20-,21?,23?,27-,29?/m0/s1. The number of aliphatic imine (C=N–C) groups is 1. The minimum absolute atomic E-state index is 0.0107. The highest BCUT2D eigenvalue weighted by Gasteiger charge is 2.56. The van der Waals surface area contributed by atoms with E-state index >= 15 is 0 Å². The molecule has 8 rings (SSSR count). The fourth-order valence-electron chi connectivity index (χ4n) is 7.94. The molecule has 10 nitrogen and oxygen atoms in total. The van der Waals surface area contributed by atoms with Gasteiger partial charge in [-0.05, 0) is 85.3 Å². The number of aromatic nitrogens is 4. The van der Waals surface area contributed by atoms with Crippen molar-refractivity contribution in [1.82, 2.24) is 29.7 Å². The molecule has 48 heavy (non-hydrogen) atoms. The van der Waals surface area contributed by atoms with Crippen molar-refractivity contribution in [2.24, 2.45) is 28.2 Å². The predicted molar refractivity (Wildman–Crippen MR) is 190 cm³/mol. The number of hydrogen-bond donors (Lipinski definition) is 2. The summed E-state index contributed by atoms with van der Waals surface area (Å²) in [6, 6.07) is 11.0. The molecule has 4 aromatic rings. The lowest BCUT2D eigenvalue weighted by molar-refractivity contribution is -0.124. The summed E-state index contributed by atoms with van der Waals surface area (Å²) in [5.74, 6) is 2.78. The zero-order chi connectivity index (χ0) is 33.7. The molecule has 1 amide bonds. The maximum atomic E-state index is 14.0. The Morgan fingerprint density at radius 2 is 1.94 bits per heavy atom. The number of anilines is 1. The second kappa shape index (κ2) is 12.8. The Kier molecular flexibility index (Phi) is 8.66. The number of guanidine groups is 1. The van der Waals surface area contributed by atoms with Gasteiger partial charge in [-0.15, -0.1) is 0 Å². The molecule has 0 spiro atoms. The third-order valence-corrected chi connectivity index (χ3v) is 11.3. The van der Waals surface area contributed by atoms with Gasteiger partial charge in [-0.1, -0.05) is 50.0 Å². The Morgan fingerprint density at radius 1 is 1.10 bits per heavy atom. The van der Waals surface area contributed by atoms with Crippen molar-refractivity contribution in [3.05, 3.63) is 81.0 Å². The third kappa shape index (κ3) is 6.16. The summed E-state index contributed by atoms with van der Waals surface area (Å²) >= 11 is 12.6. The van der Waals surface area contributed by atoms with Crippen LogP contribution in [0.25, 0.3) is 22.4 Å². The van der Waals surface area contributed by atoms with Crippen LogP contribution in [0, 0.1) is 23.2 Å². The molecule has 2 aromatic heterocycles. The predicted octanol–water partition coefficient (Wildman–Crippen LogP) is 6.06. The number of fused-ring (bicyclic) bond motifs is 3. The number of aryl methyl sites for hydroxylation is 1. The monoisotopic (exact) mass is 686 g/mol. The number of benzene rings is 2. The molecule has 3 unspecified atom stereocenters. The normalized spacial score (nSPS) is 25.0. The van der Waals surface area contributed by atoms with Crippen molar-refractivity contribution >= 4 is 51.7 Å². The van der Waals surface area contributed by atoms with E-state index in [1.54, 1.807) is 41.4 Å². The van der Waals surface area contributed by atoms with Gasteiger partial charge in [-0.3, -0.25) is 19.1 Å². The van der Waals surface area contributed by atoms with Crippen LogP contribution >= 0.6 is 23.2 Å². The number of piperazine rings is 1. The highest BCUT2D eigenvalue weighted by atomic mass is 35.5. The largest absolute Gasteiger partial charge is 0.350 e. The number of rotatable bonds is 6. The van der Waals surface area contributed by atoms with Gasteiger partial charge in [0.25, 0.3) is 5.56 Å². The van der Waals surface area contributed by atoms with Crippen molar-refractivity contribution in [3.63, 3.8) is 0 Å². The highest BCUT2D eigenvalue weighted by Crippen LogP contribution is 2.61. The summed E-state index contributed by atoms with van der Waals surface area (Å²) < 4.78 is 1.63. The molecule has 0 radical (unpaired) electrons. The number of hydrogen-bond acceptors (Lipinski definition) is 6. The van der Waals surface area contributed by atoms with E-state index in [-0.39, 0.29) is 30.1 Å². The van der Waals surface area contributed by atoms with E-state index in [4.69, 9.17) is 33.2 Å². The molecular weight excluding hydrogens is 647 g/mol. The second-order valence-electron chi connectivity index (χ2n) is 14.1. The smallest absolute Gasteiger partial charge is 0.261 e. The van der Waals surface area contributed by atoms with Gasteiger partial charge in [0.2, 0.25) is 5.91 Å². The summed E-state index contributed by atoms with van der Waals surface area (Å²) in [7, 11) is 0. The Hall–Kier alpha value is -4.02. The maximum Gasteiger partial charge on any atom is 0.261 e. The van der Waals surface area contributed by atoms with Crippen molar-refractivity contribution in [2.75, 3.05) is 18.4 Å². The zero-order valence-corrected chi connectivity index (χ0v) is 29.1. The molecular formula is C36H40Cl2N8O2. The first kappa shape index (κ1) is 32.5. The van der Waals surface area contributed by atoms with E-state index in [1.807, 2.05) is 30.0 Å². The molecule has 1 saturated heterocycles. The van der Waals surface area contributed by atoms with Crippen LogP contribution in [0.2, 0.25) is 10.0 Å². The fourth-order valence-corrected chi connectivity index (χ4v) is 8.44. The van der Waals surface area contributed by atoms with Crippen LogP contribution < -0.4 is 16.2 Å². The van der Waals surface area contributed by atoms with Crippen molar-refractivity contribution in [3.8, 4) is 11.5 Å². The number of nitrogens with zero attached hydrogens (tertiary/aromatic N) is 6. The number of nitrogens with one attached hydrogen (secondary N) is 2. The molecule has 12 heteroatoms. The van der Waals surface area contributed by atoms with E-state index in [2.05, 4.69) is 41.4 Å². The minimum atomic E-state index is -0.189. The van der Waals surface area contributed by atoms with E-state index in [9.17, 15) is 9.59 Å². The summed E-state index contributed by atoms with van der Waals surface area (Å²) in [6.45, 7) is 10.3. The lowest BCUT2D eigenvalue weighted by Crippen LogP contribution is -2.58. The number of amides is 1. The average Bonchev–Trinajstić information content (AvgIpc) is 3.05. The van der Waals surface area contributed by atoms with Crippen LogP contribution in [0.15, 0.2) is 64.8 Å². The van der Waals surface area contributed by atoms with Gasteiger partial charge in [-0.2, -0.15) is 0 Å². The molecule has 250 valence electrons. The first-order valence-electron chi connectivity index (χ1n) is 16.6. The van der Waals surface area contributed by atoms with E-state index < -0.39 is 0 Å². The van der Waals surface area contributed by atoms with Crippen LogP contribution in [0.5, 0.6) is 0 Å². The van der Waals surface area contributed by atoms with Crippen molar-refractivity contribution < 1.29 is 4.79 Å². The Labute approximate surface area is 290 Å². The van der Waals surface area contributed by atoms with E-state index in [1.165, 1.54) is 6.42 Å². The van der Waals surface area contributed by atoms with Crippen molar-refractivity contribution in [1.29, 1.82) is 0 Å². The number of carbonyl (C=O) groups is 1. The molecule has 3 heterocycles. The van der Waals surface area contributed by atoms with Gasteiger partial charge in [0.1, 0.15) is 5.69 Å². The summed E-state index contributed by atoms with van der Waals surface area (Å²) in [5, 5.41) is 8.13. The molecule has 5 atom stereocenters.